The summed E-state index contributed by atoms with van der Waals surface area (Å²) >= 11 is 0. The van der Waals surface area contributed by atoms with Crippen molar-refractivity contribution in [3.63, 3.8) is 0 Å². The van der Waals surface area contributed by atoms with E-state index < -0.39 is 0 Å². The van der Waals surface area contributed by atoms with E-state index in [-0.39, 0.29) is 11.9 Å². The molecule has 1 aliphatic heterocycles. The molecule has 126 valence electrons. The molecule has 1 aromatic rings. The summed E-state index contributed by atoms with van der Waals surface area (Å²) in [5.74, 6) is 1.67. The minimum absolute atomic E-state index is 0.170. The molecule has 0 radical (unpaired) electrons. The summed E-state index contributed by atoms with van der Waals surface area (Å²) in [5, 5.41) is 3.28. The van der Waals surface area contributed by atoms with Crippen LogP contribution in [0, 0.1) is 5.92 Å². The molecule has 0 aromatic heterocycles. The Kier molecular flexibility index (Phi) is 5.21. The van der Waals surface area contributed by atoms with Crippen LogP contribution in [0.2, 0.25) is 0 Å². The van der Waals surface area contributed by atoms with Gasteiger partial charge in [0.15, 0.2) is 0 Å². The summed E-state index contributed by atoms with van der Waals surface area (Å²) in [6.07, 6.45) is 6.20. The van der Waals surface area contributed by atoms with Crippen molar-refractivity contribution >= 4 is 5.91 Å². The Morgan fingerprint density at radius 1 is 1.30 bits per heavy atom. The molecule has 2 aliphatic rings. The lowest BCUT2D eigenvalue weighted by Gasteiger charge is -2.30. The SMILES string of the molecule is COc1ccc2c(c1)CCC[C@@H]2NC(=O)CC1CCN(C)CC1. The van der Waals surface area contributed by atoms with E-state index >= 15 is 0 Å². The number of carbonyl (C=O) groups excluding carboxylic acids is 1. The molecule has 1 atom stereocenters. The zero-order valence-corrected chi connectivity index (χ0v) is 14.3. The smallest absolute Gasteiger partial charge is 0.220 e. The van der Waals surface area contributed by atoms with Gasteiger partial charge in [-0.25, -0.2) is 0 Å². The molecule has 4 nitrogen and oxygen atoms in total. The average molecular weight is 316 g/mol. The van der Waals surface area contributed by atoms with Gasteiger partial charge in [-0.1, -0.05) is 6.07 Å². The van der Waals surface area contributed by atoms with Gasteiger partial charge in [-0.3, -0.25) is 4.79 Å². The molecule has 0 saturated carbocycles. The van der Waals surface area contributed by atoms with E-state index in [1.54, 1.807) is 7.11 Å². The number of ether oxygens (including phenoxy) is 1. The minimum atomic E-state index is 0.170. The number of rotatable bonds is 4. The zero-order chi connectivity index (χ0) is 16.2. The van der Waals surface area contributed by atoms with Crippen molar-refractivity contribution in [3.8, 4) is 5.75 Å². The van der Waals surface area contributed by atoms with E-state index in [1.165, 1.54) is 11.1 Å². The molecule has 4 heteroatoms. The van der Waals surface area contributed by atoms with Gasteiger partial charge in [-0.2, -0.15) is 0 Å². The molecule has 1 saturated heterocycles. The lowest BCUT2D eigenvalue weighted by molar-refractivity contribution is -0.123. The number of carbonyl (C=O) groups is 1. The Hall–Kier alpha value is -1.55. The van der Waals surface area contributed by atoms with Crippen LogP contribution in [0.25, 0.3) is 0 Å². The second-order valence-electron chi connectivity index (χ2n) is 7.03. The summed E-state index contributed by atoms with van der Waals surface area (Å²) in [5.41, 5.74) is 2.59. The van der Waals surface area contributed by atoms with Gasteiger partial charge in [-0.15, -0.1) is 0 Å². The maximum atomic E-state index is 12.4. The van der Waals surface area contributed by atoms with E-state index in [0.717, 1.165) is 50.9 Å². The van der Waals surface area contributed by atoms with E-state index in [0.29, 0.717) is 12.3 Å². The summed E-state index contributed by atoms with van der Waals surface area (Å²) in [6.45, 7) is 2.23. The first-order valence-corrected chi connectivity index (χ1v) is 8.80. The largest absolute Gasteiger partial charge is 0.497 e. The lowest BCUT2D eigenvalue weighted by atomic mass is 9.87. The summed E-state index contributed by atoms with van der Waals surface area (Å²) in [7, 11) is 3.86. The van der Waals surface area contributed by atoms with Gasteiger partial charge in [-0.05, 0) is 81.4 Å². The maximum Gasteiger partial charge on any atom is 0.220 e. The van der Waals surface area contributed by atoms with Gasteiger partial charge in [0.25, 0.3) is 0 Å². The number of aryl methyl sites for hydroxylation is 1. The average Bonchev–Trinajstić information content (AvgIpc) is 2.56. The Morgan fingerprint density at radius 3 is 2.83 bits per heavy atom. The van der Waals surface area contributed by atoms with E-state index in [4.69, 9.17) is 4.74 Å². The topological polar surface area (TPSA) is 41.6 Å². The first-order chi connectivity index (χ1) is 11.2. The van der Waals surface area contributed by atoms with Crippen LogP contribution in [0.5, 0.6) is 5.75 Å². The van der Waals surface area contributed by atoms with Crippen LogP contribution in [0.3, 0.4) is 0 Å². The Balaban J connectivity index is 1.59. The third-order valence-corrected chi connectivity index (χ3v) is 5.31. The number of nitrogens with zero attached hydrogens (tertiary/aromatic N) is 1. The third kappa shape index (κ3) is 4.05. The van der Waals surface area contributed by atoms with Crippen molar-refractivity contribution in [1.29, 1.82) is 0 Å². The molecule has 0 spiro atoms. The van der Waals surface area contributed by atoms with Crippen molar-refractivity contribution in [2.75, 3.05) is 27.2 Å². The molecule has 23 heavy (non-hydrogen) atoms. The van der Waals surface area contributed by atoms with Crippen LogP contribution in [0.1, 0.15) is 49.3 Å². The highest BCUT2D eigenvalue weighted by Crippen LogP contribution is 2.32. The Labute approximate surface area is 139 Å². The van der Waals surface area contributed by atoms with Gasteiger partial charge in [0.2, 0.25) is 5.91 Å². The van der Waals surface area contributed by atoms with Crippen molar-refractivity contribution in [2.45, 2.75) is 44.6 Å². The van der Waals surface area contributed by atoms with Gasteiger partial charge in [0.05, 0.1) is 13.2 Å². The molecule has 1 N–H and O–H groups in total. The van der Waals surface area contributed by atoms with Gasteiger partial charge >= 0.3 is 0 Å². The van der Waals surface area contributed by atoms with Crippen LogP contribution in [0.15, 0.2) is 18.2 Å². The molecule has 1 amide bonds. The van der Waals surface area contributed by atoms with Crippen molar-refractivity contribution in [1.82, 2.24) is 10.2 Å². The van der Waals surface area contributed by atoms with Crippen LogP contribution in [0.4, 0.5) is 0 Å². The predicted octanol–water partition coefficient (Wildman–Crippen LogP) is 2.92. The van der Waals surface area contributed by atoms with E-state index in [2.05, 4.69) is 29.4 Å². The fourth-order valence-corrected chi connectivity index (χ4v) is 3.85. The van der Waals surface area contributed by atoms with Crippen LogP contribution >= 0.6 is 0 Å². The number of nitrogens with one attached hydrogen (secondary N) is 1. The standard InChI is InChI=1S/C19H28N2O2/c1-21-10-8-14(9-11-21)12-19(22)20-18-5-3-4-15-13-16(23-2)6-7-17(15)18/h6-7,13-14,18H,3-5,8-12H2,1-2H3,(H,20,22)/t18-/m0/s1. The second kappa shape index (κ2) is 7.35. The van der Waals surface area contributed by atoms with E-state index in [9.17, 15) is 4.79 Å². The highest BCUT2D eigenvalue weighted by atomic mass is 16.5. The van der Waals surface area contributed by atoms with Crippen molar-refractivity contribution in [2.24, 2.45) is 5.92 Å². The number of likely N-dealkylation sites (tertiary alicyclic amines) is 1. The molecule has 1 aromatic carbocycles. The van der Waals surface area contributed by atoms with Crippen molar-refractivity contribution < 1.29 is 9.53 Å². The number of piperidine rings is 1. The summed E-state index contributed by atoms with van der Waals surface area (Å²) in [6, 6.07) is 6.40. The number of methoxy groups -OCH3 is 1. The van der Waals surface area contributed by atoms with Gasteiger partial charge < -0.3 is 15.0 Å². The summed E-state index contributed by atoms with van der Waals surface area (Å²) < 4.78 is 5.31. The molecule has 1 aliphatic carbocycles. The fraction of sp³-hybridized carbons (Fsp3) is 0.632. The number of benzene rings is 1. The zero-order valence-electron chi connectivity index (χ0n) is 14.3. The monoisotopic (exact) mass is 316 g/mol. The number of amides is 1. The Morgan fingerprint density at radius 2 is 2.09 bits per heavy atom. The second-order valence-corrected chi connectivity index (χ2v) is 7.03. The van der Waals surface area contributed by atoms with Crippen LogP contribution < -0.4 is 10.1 Å². The molecule has 0 unspecified atom stereocenters. The van der Waals surface area contributed by atoms with Crippen LogP contribution in [-0.4, -0.2) is 38.1 Å². The number of hydrogen-bond acceptors (Lipinski definition) is 3. The minimum Gasteiger partial charge on any atom is -0.497 e. The molecular formula is C19H28N2O2. The molecular weight excluding hydrogens is 288 g/mol. The molecule has 3 rings (SSSR count). The maximum absolute atomic E-state index is 12.4. The molecule has 1 heterocycles. The number of fused-ring (bicyclic) bond motifs is 1. The van der Waals surface area contributed by atoms with Gasteiger partial charge in [0, 0.05) is 6.42 Å². The lowest BCUT2D eigenvalue weighted by Crippen LogP contribution is -2.35. The third-order valence-electron chi connectivity index (χ3n) is 5.31. The fourth-order valence-electron chi connectivity index (χ4n) is 3.85. The van der Waals surface area contributed by atoms with Crippen LogP contribution in [-0.2, 0) is 11.2 Å². The predicted molar refractivity (Wildman–Crippen MR) is 91.7 cm³/mol. The number of hydrogen-bond donors (Lipinski definition) is 1. The summed E-state index contributed by atoms with van der Waals surface area (Å²) in [4.78, 5) is 14.8. The first kappa shape index (κ1) is 16.3. The van der Waals surface area contributed by atoms with Gasteiger partial charge in [0.1, 0.15) is 5.75 Å². The molecule has 1 fully saturated rings. The highest BCUT2D eigenvalue weighted by molar-refractivity contribution is 5.76. The quantitative estimate of drug-likeness (QED) is 0.928. The van der Waals surface area contributed by atoms with E-state index in [1.807, 2.05) is 6.07 Å². The highest BCUT2D eigenvalue weighted by Gasteiger charge is 2.24. The van der Waals surface area contributed by atoms with Crippen molar-refractivity contribution in [3.05, 3.63) is 29.3 Å². The normalized spacial score (nSPS) is 22.4. The Bertz CT molecular complexity index is 550. The molecule has 0 bridgehead atoms. The first-order valence-electron chi connectivity index (χ1n) is 8.80.